The Balaban J connectivity index is 3.07. The zero-order chi connectivity index (χ0) is 31.7. The fourth-order valence-electron chi connectivity index (χ4n) is 5.22. The van der Waals surface area contributed by atoms with Crippen LogP contribution >= 0.6 is 0 Å². The van der Waals surface area contributed by atoms with E-state index in [9.17, 15) is 14.4 Å². The van der Waals surface area contributed by atoms with Crippen molar-refractivity contribution in [3.8, 4) is 0 Å². The predicted molar refractivity (Wildman–Crippen MR) is 165 cm³/mol. The van der Waals surface area contributed by atoms with Crippen LogP contribution in [0.25, 0.3) is 0 Å². The van der Waals surface area contributed by atoms with Gasteiger partial charge in [0.1, 0.15) is 11.2 Å². The van der Waals surface area contributed by atoms with Gasteiger partial charge in [-0.1, -0.05) is 45.4 Å². The smallest absolute Gasteiger partial charge is 0.324 e. The molecule has 1 fully saturated rings. The average Bonchev–Trinajstić information content (AvgIpc) is 2.88. The lowest BCUT2D eigenvalue weighted by molar-refractivity contribution is -0.193. The van der Waals surface area contributed by atoms with Crippen molar-refractivity contribution in [3.05, 3.63) is 0 Å². The summed E-state index contributed by atoms with van der Waals surface area (Å²) >= 11 is 0. The Morgan fingerprint density at radius 2 is 1.36 bits per heavy atom. The lowest BCUT2D eigenvalue weighted by Gasteiger charge is -2.35. The molecule has 0 amide bonds. The van der Waals surface area contributed by atoms with Gasteiger partial charge in [0.15, 0.2) is 11.7 Å². The molecule has 0 radical (unpaired) electrons. The molecule has 1 rings (SSSR count). The van der Waals surface area contributed by atoms with Gasteiger partial charge in [0.25, 0.3) is 0 Å². The molecule has 0 aromatic heterocycles. The van der Waals surface area contributed by atoms with Gasteiger partial charge in [0, 0.05) is 13.0 Å². The second-order valence-corrected chi connectivity index (χ2v) is 13.7. The van der Waals surface area contributed by atoms with Crippen LogP contribution in [0.5, 0.6) is 0 Å². The van der Waals surface area contributed by atoms with Crippen LogP contribution in [0.2, 0.25) is 0 Å². The van der Waals surface area contributed by atoms with Gasteiger partial charge in [-0.25, -0.2) is 0 Å². The quantitative estimate of drug-likeness (QED) is 0.0598. The minimum atomic E-state index is -1.41. The van der Waals surface area contributed by atoms with Crippen LogP contribution in [0, 0.1) is 5.41 Å². The summed E-state index contributed by atoms with van der Waals surface area (Å²) in [5.74, 6) is -1.23. The van der Waals surface area contributed by atoms with Gasteiger partial charge in [-0.2, -0.15) is 0 Å². The van der Waals surface area contributed by atoms with Crippen molar-refractivity contribution in [2.24, 2.45) is 5.41 Å². The summed E-state index contributed by atoms with van der Waals surface area (Å²) in [6, 6.07) is 0. The first-order chi connectivity index (χ1) is 19.7. The van der Waals surface area contributed by atoms with E-state index in [0.29, 0.717) is 45.1 Å². The molecule has 0 bridgehead atoms. The van der Waals surface area contributed by atoms with Crippen molar-refractivity contribution in [2.75, 3.05) is 13.2 Å². The van der Waals surface area contributed by atoms with Crippen molar-refractivity contribution in [1.29, 1.82) is 0 Å². The van der Waals surface area contributed by atoms with Crippen LogP contribution in [-0.2, 0) is 38.1 Å². The van der Waals surface area contributed by atoms with Gasteiger partial charge < -0.3 is 23.7 Å². The molecular formula is C34H62O8. The highest BCUT2D eigenvalue weighted by Crippen LogP contribution is 2.38. The molecule has 2 atom stereocenters. The van der Waals surface area contributed by atoms with Gasteiger partial charge in [-0.05, 0) is 106 Å². The average molecular weight is 599 g/mol. The van der Waals surface area contributed by atoms with Crippen molar-refractivity contribution in [1.82, 2.24) is 0 Å². The second-order valence-electron chi connectivity index (χ2n) is 13.7. The van der Waals surface area contributed by atoms with E-state index in [1.807, 2.05) is 41.5 Å². The first-order valence-corrected chi connectivity index (χ1v) is 16.6. The van der Waals surface area contributed by atoms with E-state index >= 15 is 0 Å². The molecule has 1 aliphatic rings. The maximum Gasteiger partial charge on any atom is 0.324 e. The first kappa shape index (κ1) is 38.4. The van der Waals surface area contributed by atoms with Crippen LogP contribution in [0.4, 0.5) is 0 Å². The summed E-state index contributed by atoms with van der Waals surface area (Å²) in [6.45, 7) is 16.0. The normalized spacial score (nSPS) is 17.0. The van der Waals surface area contributed by atoms with Crippen LogP contribution < -0.4 is 0 Å². The maximum atomic E-state index is 13.9. The van der Waals surface area contributed by atoms with Gasteiger partial charge >= 0.3 is 17.9 Å². The van der Waals surface area contributed by atoms with E-state index in [0.717, 1.165) is 70.8 Å². The van der Waals surface area contributed by atoms with E-state index in [1.54, 1.807) is 6.92 Å². The van der Waals surface area contributed by atoms with Gasteiger partial charge in [-0.15, -0.1) is 0 Å². The second kappa shape index (κ2) is 19.6. The molecule has 0 aliphatic carbocycles. The molecule has 0 N–H and O–H groups in total. The Labute approximate surface area is 256 Å². The molecule has 0 aromatic rings. The fraction of sp³-hybridized carbons (Fsp3) is 0.912. The molecule has 0 spiro atoms. The number of unbranched alkanes of at least 4 members (excludes halogenated alkanes) is 5. The summed E-state index contributed by atoms with van der Waals surface area (Å²) in [7, 11) is 0. The first-order valence-electron chi connectivity index (χ1n) is 16.6. The van der Waals surface area contributed by atoms with Crippen LogP contribution in [0.1, 0.15) is 158 Å². The van der Waals surface area contributed by atoms with E-state index in [1.165, 1.54) is 0 Å². The molecule has 1 aliphatic heterocycles. The van der Waals surface area contributed by atoms with Gasteiger partial charge in [0.05, 0.1) is 12.7 Å². The molecule has 8 heteroatoms. The highest BCUT2D eigenvalue weighted by atomic mass is 16.7. The monoisotopic (exact) mass is 598 g/mol. The number of ether oxygens (including phenoxy) is 5. The lowest BCUT2D eigenvalue weighted by atomic mass is 9.77. The largest absolute Gasteiger partial charge is 0.466 e. The number of hydrogen-bond donors (Lipinski definition) is 0. The predicted octanol–water partition coefficient (Wildman–Crippen LogP) is 8.22. The Hall–Kier alpha value is -1.67. The SMILES string of the molecule is CCCCC[C@@H](CCCC(CCCCCCC(=O)OCC)(C(=O)OC(C)(C)C)C(=O)OC(C)(C)C)OC1CCCCO1. The summed E-state index contributed by atoms with van der Waals surface area (Å²) < 4.78 is 29.1. The molecular weight excluding hydrogens is 536 g/mol. The number of rotatable bonds is 20. The third-order valence-electron chi connectivity index (χ3n) is 7.36. The van der Waals surface area contributed by atoms with Crippen molar-refractivity contribution in [2.45, 2.75) is 182 Å². The Morgan fingerprint density at radius 3 is 1.90 bits per heavy atom. The Morgan fingerprint density at radius 1 is 0.762 bits per heavy atom. The van der Waals surface area contributed by atoms with E-state index < -0.39 is 28.6 Å². The van der Waals surface area contributed by atoms with E-state index in [-0.39, 0.29) is 18.4 Å². The van der Waals surface area contributed by atoms with Gasteiger partial charge in [0.2, 0.25) is 0 Å². The standard InChI is InChI=1S/C34H62O8/c1-9-11-14-20-27(40-29-23-16-18-26-39-29)21-19-25-34(30(36)41-32(3,4)5,31(37)42-33(6,7)8)24-17-13-12-15-22-28(35)38-10-2/h27,29H,9-26H2,1-8H3/t27-,29?/m0/s1. The zero-order valence-electron chi connectivity index (χ0n) is 28.1. The van der Waals surface area contributed by atoms with E-state index in [2.05, 4.69) is 6.92 Å². The molecule has 8 nitrogen and oxygen atoms in total. The number of carbonyl (C=O) groups is 3. The van der Waals surface area contributed by atoms with Gasteiger partial charge in [-0.3, -0.25) is 14.4 Å². The summed E-state index contributed by atoms with van der Waals surface area (Å²) in [5.41, 5.74) is -2.89. The summed E-state index contributed by atoms with van der Waals surface area (Å²) in [6.07, 6.45) is 12.5. The minimum absolute atomic E-state index is 0.0116. The molecule has 1 unspecified atom stereocenters. The molecule has 0 saturated carbocycles. The van der Waals surface area contributed by atoms with Crippen LogP contribution in [-0.4, -0.2) is 54.7 Å². The Kier molecular flexibility index (Phi) is 17.9. The summed E-state index contributed by atoms with van der Waals surface area (Å²) in [4.78, 5) is 39.4. The fourth-order valence-corrected chi connectivity index (χ4v) is 5.22. The van der Waals surface area contributed by atoms with Crippen molar-refractivity contribution in [3.63, 3.8) is 0 Å². The topological polar surface area (TPSA) is 97.4 Å². The minimum Gasteiger partial charge on any atom is -0.466 e. The highest BCUT2D eigenvalue weighted by molar-refractivity contribution is 6.00. The zero-order valence-corrected chi connectivity index (χ0v) is 28.1. The molecule has 42 heavy (non-hydrogen) atoms. The molecule has 246 valence electrons. The summed E-state index contributed by atoms with van der Waals surface area (Å²) in [5, 5.41) is 0. The number of esters is 3. The molecule has 1 heterocycles. The third-order valence-corrected chi connectivity index (χ3v) is 7.36. The number of carbonyl (C=O) groups excluding carboxylic acids is 3. The lowest BCUT2D eigenvalue weighted by Crippen LogP contribution is -2.47. The molecule has 0 aromatic carbocycles. The maximum absolute atomic E-state index is 13.9. The molecule has 1 saturated heterocycles. The van der Waals surface area contributed by atoms with E-state index in [4.69, 9.17) is 23.7 Å². The van der Waals surface area contributed by atoms with Crippen molar-refractivity contribution >= 4 is 17.9 Å². The van der Waals surface area contributed by atoms with Crippen LogP contribution in [0.3, 0.4) is 0 Å². The number of hydrogen-bond acceptors (Lipinski definition) is 8. The Bertz CT molecular complexity index is 745. The third kappa shape index (κ3) is 16.3. The van der Waals surface area contributed by atoms with Crippen molar-refractivity contribution < 1.29 is 38.1 Å². The van der Waals surface area contributed by atoms with Crippen LogP contribution in [0.15, 0.2) is 0 Å². The highest BCUT2D eigenvalue weighted by Gasteiger charge is 2.50.